The van der Waals surface area contributed by atoms with E-state index < -0.39 is 0 Å². The summed E-state index contributed by atoms with van der Waals surface area (Å²) in [5, 5.41) is 9.33. The van der Waals surface area contributed by atoms with Gasteiger partial charge in [-0.25, -0.2) is 0 Å². The van der Waals surface area contributed by atoms with Crippen LogP contribution in [0.15, 0.2) is 0 Å². The molecule has 2 nitrogen and oxygen atoms in total. The van der Waals surface area contributed by atoms with Crippen LogP contribution in [0, 0.1) is 17.8 Å². The first-order valence-corrected chi connectivity index (χ1v) is 7.21. The highest BCUT2D eigenvalue weighted by Gasteiger charge is 2.39. The van der Waals surface area contributed by atoms with E-state index in [4.69, 9.17) is 0 Å². The molecule has 0 radical (unpaired) electrons. The molecule has 3 saturated heterocycles. The van der Waals surface area contributed by atoms with Crippen molar-refractivity contribution in [2.75, 3.05) is 19.7 Å². The number of aliphatic hydroxyl groups is 1. The van der Waals surface area contributed by atoms with Crippen molar-refractivity contribution in [2.24, 2.45) is 17.8 Å². The van der Waals surface area contributed by atoms with Crippen LogP contribution in [0.5, 0.6) is 0 Å². The van der Waals surface area contributed by atoms with Gasteiger partial charge >= 0.3 is 0 Å². The maximum absolute atomic E-state index is 9.33. The molecule has 3 atom stereocenters. The van der Waals surface area contributed by atoms with Crippen LogP contribution < -0.4 is 0 Å². The van der Waals surface area contributed by atoms with E-state index >= 15 is 0 Å². The van der Waals surface area contributed by atoms with Crippen molar-refractivity contribution in [1.29, 1.82) is 0 Å². The highest BCUT2D eigenvalue weighted by Crippen LogP contribution is 2.41. The van der Waals surface area contributed by atoms with Crippen molar-refractivity contribution in [3.8, 4) is 0 Å². The summed E-state index contributed by atoms with van der Waals surface area (Å²) in [6, 6.07) is 0.877. The SMILES string of the molecule is OCC1CCCC(C2CC3CCN2CC3)C1. The molecule has 1 N–H and O–H groups in total. The van der Waals surface area contributed by atoms with E-state index in [0.717, 1.165) is 17.9 Å². The summed E-state index contributed by atoms with van der Waals surface area (Å²) >= 11 is 0. The largest absolute Gasteiger partial charge is 0.396 e. The number of fused-ring (bicyclic) bond motifs is 3. The fourth-order valence-corrected chi connectivity index (χ4v) is 4.35. The molecule has 3 heterocycles. The van der Waals surface area contributed by atoms with Gasteiger partial charge in [-0.1, -0.05) is 6.42 Å². The van der Waals surface area contributed by atoms with Gasteiger partial charge in [0.05, 0.1) is 0 Å². The lowest BCUT2D eigenvalue weighted by Gasteiger charge is -2.50. The minimum absolute atomic E-state index is 0.423. The van der Waals surface area contributed by atoms with Crippen molar-refractivity contribution in [3.05, 3.63) is 0 Å². The average molecular weight is 223 g/mol. The van der Waals surface area contributed by atoms with E-state index in [9.17, 15) is 5.11 Å². The van der Waals surface area contributed by atoms with E-state index in [-0.39, 0.29) is 0 Å². The summed E-state index contributed by atoms with van der Waals surface area (Å²) in [7, 11) is 0. The predicted molar refractivity (Wildman–Crippen MR) is 65.2 cm³/mol. The Labute approximate surface area is 99.0 Å². The minimum Gasteiger partial charge on any atom is -0.396 e. The number of rotatable bonds is 2. The van der Waals surface area contributed by atoms with Gasteiger partial charge < -0.3 is 10.0 Å². The zero-order valence-electron chi connectivity index (χ0n) is 10.3. The van der Waals surface area contributed by atoms with Crippen molar-refractivity contribution in [3.63, 3.8) is 0 Å². The number of piperidine rings is 3. The molecule has 92 valence electrons. The van der Waals surface area contributed by atoms with E-state index in [1.165, 1.54) is 58.0 Å². The van der Waals surface area contributed by atoms with Gasteiger partial charge in [-0.3, -0.25) is 0 Å². The maximum Gasteiger partial charge on any atom is 0.0459 e. The third-order valence-corrected chi connectivity index (χ3v) is 5.32. The quantitative estimate of drug-likeness (QED) is 0.776. The van der Waals surface area contributed by atoms with Gasteiger partial charge in [0.15, 0.2) is 0 Å². The normalized spacial score (nSPS) is 48.2. The molecule has 0 aromatic heterocycles. The van der Waals surface area contributed by atoms with Crippen LogP contribution >= 0.6 is 0 Å². The Bertz CT molecular complexity index is 235. The Balaban J connectivity index is 1.63. The fourth-order valence-electron chi connectivity index (χ4n) is 4.35. The van der Waals surface area contributed by atoms with Crippen LogP contribution in [0.1, 0.15) is 44.9 Å². The zero-order valence-corrected chi connectivity index (χ0v) is 10.3. The first kappa shape index (κ1) is 11.0. The van der Waals surface area contributed by atoms with Gasteiger partial charge in [0.25, 0.3) is 0 Å². The van der Waals surface area contributed by atoms with Crippen LogP contribution in [0.2, 0.25) is 0 Å². The molecular formula is C14H25NO. The Hall–Kier alpha value is -0.0800. The highest BCUT2D eigenvalue weighted by atomic mass is 16.3. The van der Waals surface area contributed by atoms with Gasteiger partial charge in [-0.05, 0) is 69.4 Å². The molecule has 3 unspecified atom stereocenters. The fraction of sp³-hybridized carbons (Fsp3) is 1.00. The molecule has 1 saturated carbocycles. The monoisotopic (exact) mass is 223 g/mol. The van der Waals surface area contributed by atoms with Gasteiger partial charge in [-0.15, -0.1) is 0 Å². The smallest absolute Gasteiger partial charge is 0.0459 e. The van der Waals surface area contributed by atoms with Gasteiger partial charge in [0, 0.05) is 12.6 Å². The molecule has 4 aliphatic rings. The molecular weight excluding hydrogens is 198 g/mol. The van der Waals surface area contributed by atoms with E-state index in [2.05, 4.69) is 4.90 Å². The second-order valence-corrected chi connectivity index (χ2v) is 6.26. The first-order valence-electron chi connectivity index (χ1n) is 7.21. The van der Waals surface area contributed by atoms with Crippen LogP contribution in [-0.2, 0) is 0 Å². The summed E-state index contributed by atoms with van der Waals surface area (Å²) in [6.07, 6.45) is 9.70. The summed E-state index contributed by atoms with van der Waals surface area (Å²) in [4.78, 5) is 2.75. The molecule has 4 rings (SSSR count). The van der Waals surface area contributed by atoms with Gasteiger partial charge in [0.2, 0.25) is 0 Å². The Morgan fingerprint density at radius 3 is 2.44 bits per heavy atom. The Kier molecular flexibility index (Phi) is 3.21. The number of hydrogen-bond acceptors (Lipinski definition) is 2. The lowest BCUT2D eigenvalue weighted by molar-refractivity contribution is -0.00309. The molecule has 2 bridgehead atoms. The van der Waals surface area contributed by atoms with Crippen LogP contribution in [0.3, 0.4) is 0 Å². The summed E-state index contributed by atoms with van der Waals surface area (Å²) in [5.74, 6) is 2.54. The molecule has 0 aromatic rings. The molecule has 4 fully saturated rings. The topological polar surface area (TPSA) is 23.5 Å². The third kappa shape index (κ3) is 2.02. The molecule has 0 amide bonds. The average Bonchev–Trinajstić information content (AvgIpc) is 2.40. The summed E-state index contributed by atoms with van der Waals surface area (Å²) in [6.45, 7) is 3.14. The van der Waals surface area contributed by atoms with Crippen LogP contribution in [0.4, 0.5) is 0 Å². The van der Waals surface area contributed by atoms with E-state index in [0.29, 0.717) is 12.5 Å². The standard InChI is InChI=1S/C14H25NO/c16-10-12-2-1-3-13(8-12)14-9-11-4-6-15(14)7-5-11/h11-14,16H,1-10H2. The number of hydrogen-bond donors (Lipinski definition) is 1. The molecule has 1 aliphatic carbocycles. The zero-order chi connectivity index (χ0) is 11.0. The molecule has 0 spiro atoms. The van der Waals surface area contributed by atoms with Gasteiger partial charge in [0.1, 0.15) is 0 Å². The van der Waals surface area contributed by atoms with Crippen molar-refractivity contribution in [2.45, 2.75) is 51.0 Å². The lowest BCUT2D eigenvalue weighted by atomic mass is 9.71. The number of aliphatic hydroxyl groups excluding tert-OH is 1. The second-order valence-electron chi connectivity index (χ2n) is 6.26. The highest BCUT2D eigenvalue weighted by molar-refractivity contribution is 4.93. The summed E-state index contributed by atoms with van der Waals surface area (Å²) in [5.41, 5.74) is 0. The van der Waals surface area contributed by atoms with Crippen LogP contribution in [-0.4, -0.2) is 35.7 Å². The Morgan fingerprint density at radius 1 is 1.00 bits per heavy atom. The van der Waals surface area contributed by atoms with Crippen LogP contribution in [0.25, 0.3) is 0 Å². The van der Waals surface area contributed by atoms with Crippen molar-refractivity contribution in [1.82, 2.24) is 4.90 Å². The molecule has 0 aromatic carbocycles. The van der Waals surface area contributed by atoms with E-state index in [1.807, 2.05) is 0 Å². The van der Waals surface area contributed by atoms with Gasteiger partial charge in [-0.2, -0.15) is 0 Å². The van der Waals surface area contributed by atoms with E-state index in [1.54, 1.807) is 0 Å². The number of nitrogens with zero attached hydrogens (tertiary/aromatic N) is 1. The maximum atomic E-state index is 9.33. The molecule has 2 heteroatoms. The third-order valence-electron chi connectivity index (χ3n) is 5.32. The second kappa shape index (κ2) is 4.66. The molecule has 16 heavy (non-hydrogen) atoms. The van der Waals surface area contributed by atoms with Crippen molar-refractivity contribution >= 4 is 0 Å². The lowest BCUT2D eigenvalue weighted by Crippen LogP contribution is -2.52. The van der Waals surface area contributed by atoms with Crippen molar-refractivity contribution < 1.29 is 5.11 Å². The minimum atomic E-state index is 0.423. The molecule has 3 aliphatic heterocycles. The Morgan fingerprint density at radius 2 is 1.81 bits per heavy atom. The first-order chi connectivity index (χ1) is 7.86. The summed E-state index contributed by atoms with van der Waals surface area (Å²) < 4.78 is 0. The predicted octanol–water partition coefficient (Wildman–Crippen LogP) is 2.27.